The van der Waals surface area contributed by atoms with Crippen molar-refractivity contribution >= 4 is 16.8 Å². The van der Waals surface area contributed by atoms with Gasteiger partial charge in [-0.2, -0.15) is 0 Å². The van der Waals surface area contributed by atoms with Gasteiger partial charge in [-0.3, -0.25) is 14.4 Å². The molecular formula is C18H17N3O3. The summed E-state index contributed by atoms with van der Waals surface area (Å²) in [7, 11) is 0. The van der Waals surface area contributed by atoms with Gasteiger partial charge in [0.25, 0.3) is 11.5 Å². The summed E-state index contributed by atoms with van der Waals surface area (Å²) in [5.41, 5.74) is 2.16. The zero-order chi connectivity index (χ0) is 17.3. The van der Waals surface area contributed by atoms with E-state index in [1.807, 2.05) is 19.1 Å². The summed E-state index contributed by atoms with van der Waals surface area (Å²) >= 11 is 0. The number of carbonyl (C=O) groups excluding carboxylic acids is 1. The average Bonchev–Trinajstić information content (AvgIpc) is 2.54. The summed E-state index contributed by atoms with van der Waals surface area (Å²) in [4.78, 5) is 42.4. The Morgan fingerprint density at radius 2 is 1.92 bits per heavy atom. The highest BCUT2D eigenvalue weighted by Gasteiger charge is 2.14. The van der Waals surface area contributed by atoms with E-state index in [2.05, 4.69) is 15.3 Å². The fourth-order valence-corrected chi connectivity index (χ4v) is 2.70. The van der Waals surface area contributed by atoms with Crippen molar-refractivity contribution in [3.8, 4) is 0 Å². The number of pyridine rings is 2. The van der Waals surface area contributed by atoms with Crippen LogP contribution in [0.3, 0.4) is 0 Å². The number of fused-ring (bicyclic) bond motifs is 1. The first kappa shape index (κ1) is 15.7. The molecule has 6 nitrogen and oxygen atoms in total. The standard InChI is InChI=1S/C18H17N3O3/c1-10-7-11(2)21-18(24)13(10)8-20-17(23)14-9-19-15-6-4-3-5-12(15)16(14)22/h3-7,9H,8H2,1-2H3,(H,19,22)(H,20,23)(H,21,24). The molecule has 0 spiro atoms. The number of aromatic amines is 2. The topological polar surface area (TPSA) is 94.8 Å². The summed E-state index contributed by atoms with van der Waals surface area (Å²) in [6.07, 6.45) is 1.40. The van der Waals surface area contributed by atoms with Crippen LogP contribution in [0.5, 0.6) is 0 Å². The van der Waals surface area contributed by atoms with E-state index < -0.39 is 5.91 Å². The Morgan fingerprint density at radius 3 is 2.67 bits per heavy atom. The molecule has 3 N–H and O–H groups in total. The highest BCUT2D eigenvalue weighted by atomic mass is 16.2. The van der Waals surface area contributed by atoms with Crippen LogP contribution in [0, 0.1) is 13.8 Å². The number of para-hydroxylation sites is 1. The summed E-state index contributed by atoms with van der Waals surface area (Å²) in [5, 5.41) is 3.10. The number of hydrogen-bond acceptors (Lipinski definition) is 3. The van der Waals surface area contributed by atoms with Crippen LogP contribution < -0.4 is 16.3 Å². The lowest BCUT2D eigenvalue weighted by Crippen LogP contribution is -2.31. The fourth-order valence-electron chi connectivity index (χ4n) is 2.70. The number of hydrogen-bond donors (Lipinski definition) is 3. The van der Waals surface area contributed by atoms with Crippen LogP contribution in [0.4, 0.5) is 0 Å². The monoisotopic (exact) mass is 323 g/mol. The number of benzene rings is 1. The van der Waals surface area contributed by atoms with Crippen molar-refractivity contribution < 1.29 is 4.79 Å². The second-order valence-corrected chi connectivity index (χ2v) is 5.70. The van der Waals surface area contributed by atoms with E-state index in [0.29, 0.717) is 16.5 Å². The third-order valence-electron chi connectivity index (χ3n) is 3.95. The van der Waals surface area contributed by atoms with E-state index in [1.54, 1.807) is 25.1 Å². The number of rotatable bonds is 3. The number of aromatic nitrogens is 2. The largest absolute Gasteiger partial charge is 0.360 e. The van der Waals surface area contributed by atoms with Crippen molar-refractivity contribution in [3.63, 3.8) is 0 Å². The van der Waals surface area contributed by atoms with Crippen molar-refractivity contribution in [2.75, 3.05) is 0 Å². The van der Waals surface area contributed by atoms with Gasteiger partial charge in [0.05, 0.1) is 0 Å². The van der Waals surface area contributed by atoms with Gasteiger partial charge in [0.1, 0.15) is 5.56 Å². The minimum absolute atomic E-state index is 0.0230. The molecule has 2 heterocycles. The maximum absolute atomic E-state index is 12.4. The molecule has 3 aromatic rings. The van der Waals surface area contributed by atoms with Crippen LogP contribution in [0.25, 0.3) is 10.9 Å². The van der Waals surface area contributed by atoms with E-state index in [-0.39, 0.29) is 23.1 Å². The SMILES string of the molecule is Cc1cc(C)c(CNC(=O)c2c[nH]c3ccccc3c2=O)c(=O)[nH]1. The van der Waals surface area contributed by atoms with E-state index in [9.17, 15) is 14.4 Å². The maximum Gasteiger partial charge on any atom is 0.257 e. The Balaban J connectivity index is 1.88. The summed E-state index contributed by atoms with van der Waals surface area (Å²) < 4.78 is 0. The molecule has 0 saturated carbocycles. The van der Waals surface area contributed by atoms with Crippen LogP contribution in [-0.2, 0) is 6.54 Å². The highest BCUT2D eigenvalue weighted by Crippen LogP contribution is 2.07. The lowest BCUT2D eigenvalue weighted by atomic mass is 10.1. The minimum atomic E-state index is -0.513. The molecule has 1 amide bonds. The number of nitrogens with one attached hydrogen (secondary N) is 3. The van der Waals surface area contributed by atoms with Crippen LogP contribution >= 0.6 is 0 Å². The Morgan fingerprint density at radius 1 is 1.17 bits per heavy atom. The third kappa shape index (κ3) is 2.86. The molecule has 0 saturated heterocycles. The van der Waals surface area contributed by atoms with Crippen LogP contribution in [-0.4, -0.2) is 15.9 Å². The lowest BCUT2D eigenvalue weighted by molar-refractivity contribution is 0.0949. The Labute approximate surface area is 137 Å². The number of amides is 1. The molecular weight excluding hydrogens is 306 g/mol. The maximum atomic E-state index is 12.4. The van der Waals surface area contributed by atoms with Gasteiger partial charge in [-0.15, -0.1) is 0 Å². The van der Waals surface area contributed by atoms with Crippen molar-refractivity contribution in [1.82, 2.24) is 15.3 Å². The molecule has 24 heavy (non-hydrogen) atoms. The molecule has 0 atom stereocenters. The van der Waals surface area contributed by atoms with Crippen LogP contribution in [0.2, 0.25) is 0 Å². The first-order chi connectivity index (χ1) is 11.5. The molecule has 0 fully saturated rings. The molecule has 0 aliphatic carbocycles. The van der Waals surface area contributed by atoms with Gasteiger partial charge >= 0.3 is 0 Å². The second kappa shape index (κ2) is 6.16. The van der Waals surface area contributed by atoms with E-state index in [0.717, 1.165) is 11.3 Å². The van der Waals surface area contributed by atoms with E-state index in [4.69, 9.17) is 0 Å². The van der Waals surface area contributed by atoms with Gasteiger partial charge in [-0.25, -0.2) is 0 Å². The molecule has 1 aromatic carbocycles. The van der Waals surface area contributed by atoms with Gasteiger partial charge in [-0.1, -0.05) is 12.1 Å². The number of H-pyrrole nitrogens is 2. The van der Waals surface area contributed by atoms with Gasteiger partial charge < -0.3 is 15.3 Å². The Hall–Kier alpha value is -3.15. The van der Waals surface area contributed by atoms with Crippen molar-refractivity contribution in [3.05, 3.63) is 79.5 Å². The molecule has 122 valence electrons. The minimum Gasteiger partial charge on any atom is -0.360 e. The van der Waals surface area contributed by atoms with Gasteiger partial charge in [-0.05, 0) is 37.6 Å². The smallest absolute Gasteiger partial charge is 0.257 e. The summed E-state index contributed by atoms with van der Waals surface area (Å²) in [5.74, 6) is -0.513. The first-order valence-electron chi connectivity index (χ1n) is 7.55. The molecule has 0 unspecified atom stereocenters. The number of carbonyl (C=O) groups is 1. The Kier molecular flexibility index (Phi) is 4.04. The molecule has 2 aromatic heterocycles. The lowest BCUT2D eigenvalue weighted by Gasteiger charge is -2.08. The zero-order valence-corrected chi connectivity index (χ0v) is 13.4. The van der Waals surface area contributed by atoms with Crippen molar-refractivity contribution in [2.24, 2.45) is 0 Å². The fraction of sp³-hybridized carbons (Fsp3) is 0.167. The third-order valence-corrected chi connectivity index (χ3v) is 3.95. The molecule has 0 bridgehead atoms. The average molecular weight is 323 g/mol. The summed E-state index contributed by atoms with van der Waals surface area (Å²) in [6, 6.07) is 8.83. The quantitative estimate of drug-likeness (QED) is 0.685. The van der Waals surface area contributed by atoms with Crippen LogP contribution in [0.1, 0.15) is 27.2 Å². The van der Waals surface area contributed by atoms with Crippen molar-refractivity contribution in [1.29, 1.82) is 0 Å². The van der Waals surface area contributed by atoms with Gasteiger partial charge in [0.2, 0.25) is 5.43 Å². The molecule has 0 aliphatic heterocycles. The molecule has 0 aliphatic rings. The predicted molar refractivity (Wildman–Crippen MR) is 92.3 cm³/mol. The second-order valence-electron chi connectivity index (χ2n) is 5.70. The van der Waals surface area contributed by atoms with E-state index >= 15 is 0 Å². The molecule has 6 heteroatoms. The van der Waals surface area contributed by atoms with Gasteiger partial charge in [0, 0.05) is 34.9 Å². The predicted octanol–water partition coefficient (Wildman–Crippen LogP) is 1.76. The highest BCUT2D eigenvalue weighted by molar-refractivity contribution is 5.97. The van der Waals surface area contributed by atoms with Gasteiger partial charge in [0.15, 0.2) is 0 Å². The van der Waals surface area contributed by atoms with Crippen molar-refractivity contribution in [2.45, 2.75) is 20.4 Å². The molecule has 0 radical (unpaired) electrons. The van der Waals surface area contributed by atoms with E-state index in [1.165, 1.54) is 6.20 Å². The molecule has 3 rings (SSSR count). The number of aryl methyl sites for hydroxylation is 2. The summed E-state index contributed by atoms with van der Waals surface area (Å²) in [6.45, 7) is 3.67. The Bertz CT molecular complexity index is 1050. The van der Waals surface area contributed by atoms with Crippen LogP contribution in [0.15, 0.2) is 46.1 Å². The zero-order valence-electron chi connectivity index (χ0n) is 13.4. The normalized spacial score (nSPS) is 10.8. The first-order valence-corrected chi connectivity index (χ1v) is 7.55.